The van der Waals surface area contributed by atoms with Gasteiger partial charge in [-0.05, 0) is 24.3 Å². The first-order valence-corrected chi connectivity index (χ1v) is 6.97. The molecule has 2 N–H and O–H groups in total. The molecule has 3 nitrogen and oxygen atoms in total. The molecule has 0 aliphatic rings. The van der Waals surface area contributed by atoms with Crippen LogP contribution in [-0.4, -0.2) is 10.1 Å². The van der Waals surface area contributed by atoms with Crippen LogP contribution in [0.5, 0.6) is 5.75 Å². The summed E-state index contributed by atoms with van der Waals surface area (Å²) in [5.74, 6) is -1.13. The maximum Gasteiger partial charge on any atom is 0.187 e. The fraction of sp³-hybridized carbons (Fsp3) is 0. The zero-order valence-electron chi connectivity index (χ0n) is 10.7. The first-order valence-electron chi connectivity index (χ1n) is 6.09. The zero-order valence-corrected chi connectivity index (χ0v) is 11.5. The van der Waals surface area contributed by atoms with Crippen molar-refractivity contribution in [1.82, 2.24) is 4.98 Å². The normalized spacial score (nSPS) is 10.6. The van der Waals surface area contributed by atoms with Gasteiger partial charge in [0.05, 0.1) is 5.69 Å². The van der Waals surface area contributed by atoms with E-state index < -0.39 is 11.6 Å². The summed E-state index contributed by atoms with van der Waals surface area (Å²) in [6.45, 7) is 0. The Morgan fingerprint density at radius 2 is 1.95 bits per heavy atom. The van der Waals surface area contributed by atoms with Crippen LogP contribution in [0.15, 0.2) is 47.8 Å². The third kappa shape index (κ3) is 3.00. The quantitative estimate of drug-likeness (QED) is 0.747. The summed E-state index contributed by atoms with van der Waals surface area (Å²) in [6, 6.07) is 9.98. The minimum Gasteiger partial charge on any atom is -0.508 e. The number of phenolic OH excluding ortho intramolecular Hbond substituents is 1. The number of nitrogens with zero attached hydrogens (tertiary/aromatic N) is 1. The molecule has 1 heterocycles. The van der Waals surface area contributed by atoms with Gasteiger partial charge in [0.2, 0.25) is 0 Å². The SMILES string of the molecule is Oc1cccc(Nc2nc(-c3ccc([18F])cc3F)cs2)c1. The van der Waals surface area contributed by atoms with Crippen LogP contribution >= 0.6 is 11.3 Å². The number of hydrogen-bond donors (Lipinski definition) is 2. The van der Waals surface area contributed by atoms with E-state index in [9.17, 15) is 13.9 Å². The Morgan fingerprint density at radius 3 is 2.71 bits per heavy atom. The number of phenols is 1. The second kappa shape index (κ2) is 5.49. The molecule has 3 aromatic rings. The van der Waals surface area contributed by atoms with Crippen molar-refractivity contribution < 1.29 is 13.9 Å². The van der Waals surface area contributed by atoms with Crippen molar-refractivity contribution in [2.75, 3.05) is 5.32 Å². The molecule has 2 aromatic carbocycles. The standard InChI is InChI=1S/C15H10F2N2OS/c16-9-4-5-12(13(17)6-9)14-8-21-15(19-14)18-10-2-1-3-11(20)7-10/h1-8,20H,(H,18,19)/i16-1. The molecule has 0 saturated carbocycles. The Labute approximate surface area is 123 Å². The molecule has 21 heavy (non-hydrogen) atoms. The van der Waals surface area contributed by atoms with Crippen LogP contribution in [-0.2, 0) is 0 Å². The fourth-order valence-corrected chi connectivity index (χ4v) is 2.59. The molecule has 0 aliphatic heterocycles. The molecule has 0 fully saturated rings. The number of hydrogen-bond acceptors (Lipinski definition) is 4. The highest BCUT2D eigenvalue weighted by atomic mass is 32.1. The van der Waals surface area contributed by atoms with E-state index in [0.29, 0.717) is 16.5 Å². The summed E-state index contributed by atoms with van der Waals surface area (Å²) < 4.78 is 26.6. The number of rotatable bonds is 3. The molecule has 1 aromatic heterocycles. The molecule has 3 rings (SSSR count). The Balaban J connectivity index is 1.86. The van der Waals surface area contributed by atoms with E-state index in [1.807, 2.05) is 0 Å². The Hall–Kier alpha value is -2.47. The molecule has 0 bridgehead atoms. The molecule has 0 saturated heterocycles. The van der Waals surface area contributed by atoms with Crippen LogP contribution in [0.2, 0.25) is 0 Å². The van der Waals surface area contributed by atoms with Gasteiger partial charge in [-0.1, -0.05) is 6.07 Å². The summed E-state index contributed by atoms with van der Waals surface area (Å²) in [7, 11) is 0. The number of halogens is 2. The smallest absolute Gasteiger partial charge is 0.187 e. The fourth-order valence-electron chi connectivity index (χ4n) is 1.86. The molecule has 0 atom stereocenters. The lowest BCUT2D eigenvalue weighted by atomic mass is 10.1. The molecule has 0 unspecified atom stereocenters. The molecule has 0 aliphatic carbocycles. The highest BCUT2D eigenvalue weighted by molar-refractivity contribution is 7.14. The molecule has 0 radical (unpaired) electrons. The summed E-state index contributed by atoms with van der Waals surface area (Å²) in [4.78, 5) is 4.26. The number of aromatic nitrogens is 1. The van der Waals surface area contributed by atoms with Gasteiger partial charge >= 0.3 is 0 Å². The number of aromatic hydroxyl groups is 1. The molecule has 106 valence electrons. The van der Waals surface area contributed by atoms with Crippen LogP contribution in [0.4, 0.5) is 19.6 Å². The third-order valence-corrected chi connectivity index (χ3v) is 3.57. The Morgan fingerprint density at radius 1 is 1.10 bits per heavy atom. The largest absolute Gasteiger partial charge is 0.508 e. The van der Waals surface area contributed by atoms with E-state index in [1.54, 1.807) is 29.6 Å². The van der Waals surface area contributed by atoms with E-state index in [4.69, 9.17) is 0 Å². The van der Waals surface area contributed by atoms with E-state index >= 15 is 0 Å². The van der Waals surface area contributed by atoms with Gasteiger partial charge in [0, 0.05) is 28.8 Å². The minimum absolute atomic E-state index is 0.140. The van der Waals surface area contributed by atoms with Crippen LogP contribution in [0.25, 0.3) is 11.3 Å². The topological polar surface area (TPSA) is 45.1 Å². The highest BCUT2D eigenvalue weighted by Crippen LogP contribution is 2.29. The Kier molecular flexibility index (Phi) is 3.53. The van der Waals surface area contributed by atoms with Gasteiger partial charge in [-0.15, -0.1) is 11.3 Å². The van der Waals surface area contributed by atoms with Crippen molar-refractivity contribution in [3.8, 4) is 17.0 Å². The van der Waals surface area contributed by atoms with Crippen molar-refractivity contribution in [3.05, 3.63) is 59.5 Å². The molecule has 0 spiro atoms. The third-order valence-electron chi connectivity index (χ3n) is 2.81. The van der Waals surface area contributed by atoms with Gasteiger partial charge in [0.15, 0.2) is 5.13 Å². The maximum absolute atomic E-state index is 13.7. The first-order chi connectivity index (χ1) is 10.1. The lowest BCUT2D eigenvalue weighted by Crippen LogP contribution is -1.90. The highest BCUT2D eigenvalue weighted by Gasteiger charge is 2.10. The second-order valence-electron chi connectivity index (χ2n) is 4.34. The average molecular weight is 303 g/mol. The molecular formula is C15H10F2N2OS. The van der Waals surface area contributed by atoms with Crippen molar-refractivity contribution in [2.24, 2.45) is 0 Å². The molecular weight excluding hydrogens is 293 g/mol. The second-order valence-corrected chi connectivity index (χ2v) is 5.20. The summed E-state index contributed by atoms with van der Waals surface area (Å²) in [6.07, 6.45) is 0. The number of benzene rings is 2. The maximum atomic E-state index is 13.7. The summed E-state index contributed by atoms with van der Waals surface area (Å²) in [5.41, 5.74) is 1.35. The lowest BCUT2D eigenvalue weighted by molar-refractivity contribution is 0.475. The minimum atomic E-state index is -0.649. The average Bonchev–Trinajstić information content (AvgIpc) is 2.87. The van der Waals surface area contributed by atoms with E-state index in [1.165, 1.54) is 23.5 Å². The zero-order chi connectivity index (χ0) is 14.8. The van der Waals surface area contributed by atoms with Crippen molar-refractivity contribution in [2.45, 2.75) is 0 Å². The first kappa shape index (κ1) is 13.5. The van der Waals surface area contributed by atoms with Gasteiger partial charge < -0.3 is 10.4 Å². The predicted octanol–water partition coefficient (Wildman–Crippen LogP) is 4.54. The van der Waals surface area contributed by atoms with Crippen molar-refractivity contribution >= 4 is 22.2 Å². The van der Waals surface area contributed by atoms with Crippen molar-refractivity contribution in [1.29, 1.82) is 0 Å². The predicted molar refractivity (Wildman–Crippen MR) is 78.9 cm³/mol. The van der Waals surface area contributed by atoms with E-state index in [0.717, 1.165) is 6.07 Å². The van der Waals surface area contributed by atoms with Gasteiger partial charge in [0.25, 0.3) is 0 Å². The Bertz CT molecular complexity index is 789. The summed E-state index contributed by atoms with van der Waals surface area (Å²) in [5, 5.41) is 14.6. The van der Waals surface area contributed by atoms with Gasteiger partial charge in [-0.25, -0.2) is 13.8 Å². The van der Waals surface area contributed by atoms with Gasteiger partial charge in [-0.2, -0.15) is 0 Å². The van der Waals surface area contributed by atoms with Crippen LogP contribution in [0, 0.1) is 11.6 Å². The van der Waals surface area contributed by atoms with Gasteiger partial charge in [-0.3, -0.25) is 0 Å². The van der Waals surface area contributed by atoms with Crippen LogP contribution in [0.1, 0.15) is 0 Å². The monoisotopic (exact) mass is 303 g/mol. The van der Waals surface area contributed by atoms with Crippen molar-refractivity contribution in [3.63, 3.8) is 0 Å². The van der Waals surface area contributed by atoms with E-state index in [2.05, 4.69) is 10.3 Å². The lowest BCUT2D eigenvalue weighted by Gasteiger charge is -2.02. The number of thiazole rings is 1. The number of nitrogens with one attached hydrogen (secondary N) is 1. The van der Waals surface area contributed by atoms with E-state index in [-0.39, 0.29) is 11.3 Å². The number of anilines is 2. The molecule has 0 amide bonds. The molecule has 6 heteroatoms. The summed E-state index contributed by atoms with van der Waals surface area (Å²) >= 11 is 1.29. The van der Waals surface area contributed by atoms with Crippen LogP contribution < -0.4 is 5.32 Å². The van der Waals surface area contributed by atoms with Gasteiger partial charge in [0.1, 0.15) is 17.4 Å². The van der Waals surface area contributed by atoms with Crippen LogP contribution in [0.3, 0.4) is 0 Å².